The molecule has 1 aliphatic heterocycles. The fraction of sp³-hybridized carbons (Fsp3) is 0.393. The van der Waals surface area contributed by atoms with Crippen LogP contribution in [-0.4, -0.2) is 66.9 Å². The Kier molecular flexibility index (Phi) is 8.77. The van der Waals surface area contributed by atoms with Gasteiger partial charge in [0.25, 0.3) is 0 Å². The number of hydrogen-bond donors (Lipinski definition) is 2. The third-order valence-corrected chi connectivity index (χ3v) is 6.90. The van der Waals surface area contributed by atoms with E-state index in [1.807, 2.05) is 24.3 Å². The largest absolute Gasteiger partial charge is 0.368 e. The van der Waals surface area contributed by atoms with Gasteiger partial charge in [-0.1, -0.05) is 31.1 Å². The normalized spacial score (nSPS) is 15.8. The molecule has 4 amide bonds. The van der Waals surface area contributed by atoms with Gasteiger partial charge in [0.15, 0.2) is 0 Å². The van der Waals surface area contributed by atoms with Crippen molar-refractivity contribution in [3.05, 3.63) is 67.0 Å². The second kappa shape index (κ2) is 12.4. The minimum Gasteiger partial charge on any atom is -0.368 e. The summed E-state index contributed by atoms with van der Waals surface area (Å²) in [7, 11) is 0. The zero-order valence-electron chi connectivity index (χ0n) is 21.0. The second-order valence-electron chi connectivity index (χ2n) is 9.47. The van der Waals surface area contributed by atoms with Crippen molar-refractivity contribution >= 4 is 34.9 Å². The van der Waals surface area contributed by atoms with E-state index in [-0.39, 0.29) is 36.0 Å². The molecule has 2 N–H and O–H groups in total. The third kappa shape index (κ3) is 6.87. The minimum absolute atomic E-state index is 0.00000950. The fourth-order valence-electron chi connectivity index (χ4n) is 4.87. The zero-order chi connectivity index (χ0) is 26.2. The van der Waals surface area contributed by atoms with Gasteiger partial charge in [0.05, 0.1) is 5.69 Å². The van der Waals surface area contributed by atoms with Crippen LogP contribution in [0.4, 0.5) is 26.2 Å². The van der Waals surface area contributed by atoms with Gasteiger partial charge in [0.1, 0.15) is 12.4 Å². The van der Waals surface area contributed by atoms with Crippen molar-refractivity contribution < 1.29 is 18.8 Å². The van der Waals surface area contributed by atoms with E-state index >= 15 is 0 Å². The number of rotatable bonds is 8. The molecule has 196 valence electrons. The molecule has 0 unspecified atom stereocenters. The lowest BCUT2D eigenvalue weighted by molar-refractivity contribution is -0.137. The summed E-state index contributed by atoms with van der Waals surface area (Å²) >= 11 is 0. The molecule has 2 aromatic rings. The van der Waals surface area contributed by atoms with E-state index in [9.17, 15) is 18.8 Å². The lowest BCUT2D eigenvalue weighted by atomic mass is 10.1. The van der Waals surface area contributed by atoms with Crippen molar-refractivity contribution in [2.45, 2.75) is 25.7 Å². The molecular weight excluding hydrogens is 473 g/mol. The highest BCUT2D eigenvalue weighted by atomic mass is 19.1. The number of urea groups is 1. The van der Waals surface area contributed by atoms with E-state index in [1.165, 1.54) is 12.1 Å². The summed E-state index contributed by atoms with van der Waals surface area (Å²) in [4.78, 5) is 43.3. The molecule has 0 radical (unpaired) electrons. The van der Waals surface area contributed by atoms with Crippen molar-refractivity contribution in [1.82, 2.24) is 9.80 Å². The zero-order valence-corrected chi connectivity index (χ0v) is 21.0. The van der Waals surface area contributed by atoms with E-state index in [1.54, 1.807) is 28.0 Å². The first kappa shape index (κ1) is 26.2. The Labute approximate surface area is 217 Å². The molecule has 2 aromatic carbocycles. The molecule has 1 saturated carbocycles. The monoisotopic (exact) mass is 507 g/mol. The molecule has 4 rings (SSSR count). The summed E-state index contributed by atoms with van der Waals surface area (Å²) in [6.45, 7) is 6.36. The van der Waals surface area contributed by atoms with Gasteiger partial charge in [-0.2, -0.15) is 0 Å². The van der Waals surface area contributed by atoms with Gasteiger partial charge in [-0.15, -0.1) is 6.58 Å². The fourth-order valence-corrected chi connectivity index (χ4v) is 4.87. The summed E-state index contributed by atoms with van der Waals surface area (Å²) in [6, 6.07) is 13.3. The van der Waals surface area contributed by atoms with Crippen molar-refractivity contribution in [2.24, 2.45) is 5.92 Å². The Bertz CT molecular complexity index is 1110. The summed E-state index contributed by atoms with van der Waals surface area (Å²) in [5.74, 6) is -0.659. The highest BCUT2D eigenvalue weighted by Gasteiger charge is 2.28. The molecule has 9 heteroatoms. The van der Waals surface area contributed by atoms with Crippen LogP contribution < -0.4 is 15.5 Å². The Hall–Kier alpha value is -3.88. The Balaban J connectivity index is 1.26. The number of anilines is 3. The van der Waals surface area contributed by atoms with Crippen LogP contribution in [0.15, 0.2) is 61.2 Å². The van der Waals surface area contributed by atoms with Gasteiger partial charge in [0, 0.05) is 50.0 Å². The van der Waals surface area contributed by atoms with E-state index < -0.39 is 5.82 Å². The molecule has 2 aliphatic rings. The van der Waals surface area contributed by atoms with E-state index in [0.29, 0.717) is 38.4 Å². The summed E-state index contributed by atoms with van der Waals surface area (Å²) in [5.41, 5.74) is 1.81. The maximum atomic E-state index is 13.8. The number of piperazine rings is 1. The first-order valence-corrected chi connectivity index (χ1v) is 12.8. The number of carbonyl (C=O) groups excluding carboxylic acids is 3. The molecule has 37 heavy (non-hydrogen) atoms. The predicted molar refractivity (Wildman–Crippen MR) is 143 cm³/mol. The molecule has 0 bridgehead atoms. The van der Waals surface area contributed by atoms with Crippen molar-refractivity contribution in [2.75, 3.05) is 54.8 Å². The molecule has 2 fully saturated rings. The highest BCUT2D eigenvalue weighted by Crippen LogP contribution is 2.26. The average Bonchev–Trinajstić information content (AvgIpc) is 3.45. The SMILES string of the molecule is C=CCN(CC(=O)Nc1ccc(N2CCN(C(=O)Nc3ccccc3F)CC2)cc1)C(=O)C1CCCC1. The van der Waals surface area contributed by atoms with Gasteiger partial charge >= 0.3 is 6.03 Å². The van der Waals surface area contributed by atoms with Crippen molar-refractivity contribution in [3.63, 3.8) is 0 Å². The molecule has 0 atom stereocenters. The molecule has 0 spiro atoms. The van der Waals surface area contributed by atoms with Crippen LogP contribution >= 0.6 is 0 Å². The number of amides is 4. The van der Waals surface area contributed by atoms with Gasteiger partial charge in [-0.25, -0.2) is 9.18 Å². The summed E-state index contributed by atoms with van der Waals surface area (Å²) < 4.78 is 13.8. The number of benzene rings is 2. The Morgan fingerprint density at radius 3 is 2.30 bits per heavy atom. The number of hydrogen-bond acceptors (Lipinski definition) is 4. The smallest absolute Gasteiger partial charge is 0.322 e. The quantitative estimate of drug-likeness (QED) is 0.521. The van der Waals surface area contributed by atoms with Crippen LogP contribution in [0.5, 0.6) is 0 Å². The van der Waals surface area contributed by atoms with Crippen LogP contribution in [0.2, 0.25) is 0 Å². The third-order valence-electron chi connectivity index (χ3n) is 6.90. The topological polar surface area (TPSA) is 85.0 Å². The first-order valence-electron chi connectivity index (χ1n) is 12.8. The number of carbonyl (C=O) groups is 3. The van der Waals surface area contributed by atoms with E-state index in [2.05, 4.69) is 22.1 Å². The van der Waals surface area contributed by atoms with Crippen molar-refractivity contribution in [3.8, 4) is 0 Å². The minimum atomic E-state index is -0.463. The summed E-state index contributed by atoms with van der Waals surface area (Å²) in [6.07, 6.45) is 5.55. The second-order valence-corrected chi connectivity index (χ2v) is 9.47. The van der Waals surface area contributed by atoms with Crippen LogP contribution in [-0.2, 0) is 9.59 Å². The number of nitrogens with one attached hydrogen (secondary N) is 2. The number of nitrogens with zero attached hydrogens (tertiary/aromatic N) is 3. The van der Waals surface area contributed by atoms with Crippen LogP contribution in [0.25, 0.3) is 0 Å². The first-order chi connectivity index (χ1) is 17.9. The standard InChI is InChI=1S/C28H34FN5O3/c1-2-15-34(27(36)21-7-3-4-8-21)20-26(35)30-22-11-13-23(14-12-22)32-16-18-33(19-17-32)28(37)31-25-10-6-5-9-24(25)29/h2,5-6,9-14,21H,1,3-4,7-8,15-20H2,(H,30,35)(H,31,37). The maximum absolute atomic E-state index is 13.8. The van der Waals surface area contributed by atoms with E-state index in [4.69, 9.17) is 0 Å². The maximum Gasteiger partial charge on any atom is 0.322 e. The number of halogens is 1. The van der Waals surface area contributed by atoms with E-state index in [0.717, 1.165) is 31.4 Å². The summed E-state index contributed by atoms with van der Waals surface area (Å²) in [5, 5.41) is 5.51. The Morgan fingerprint density at radius 2 is 1.65 bits per heavy atom. The predicted octanol–water partition coefficient (Wildman–Crippen LogP) is 4.32. The van der Waals surface area contributed by atoms with Gasteiger partial charge < -0.3 is 25.3 Å². The van der Waals surface area contributed by atoms with Gasteiger partial charge in [-0.05, 0) is 49.2 Å². The lowest BCUT2D eigenvalue weighted by Gasteiger charge is -2.36. The van der Waals surface area contributed by atoms with Crippen LogP contribution in [0, 0.1) is 11.7 Å². The molecule has 1 saturated heterocycles. The van der Waals surface area contributed by atoms with Gasteiger partial charge in [0.2, 0.25) is 11.8 Å². The highest BCUT2D eigenvalue weighted by molar-refractivity contribution is 5.95. The molecule has 8 nitrogen and oxygen atoms in total. The van der Waals surface area contributed by atoms with Crippen LogP contribution in [0.1, 0.15) is 25.7 Å². The molecule has 1 aliphatic carbocycles. The Morgan fingerprint density at radius 1 is 0.973 bits per heavy atom. The van der Waals surface area contributed by atoms with Gasteiger partial charge in [-0.3, -0.25) is 9.59 Å². The van der Waals surface area contributed by atoms with Crippen molar-refractivity contribution in [1.29, 1.82) is 0 Å². The molecular formula is C28H34FN5O3. The van der Waals surface area contributed by atoms with Crippen LogP contribution in [0.3, 0.4) is 0 Å². The lowest BCUT2D eigenvalue weighted by Crippen LogP contribution is -2.50. The number of para-hydroxylation sites is 1. The average molecular weight is 508 g/mol. The molecule has 0 aromatic heterocycles. The molecule has 1 heterocycles.